The summed E-state index contributed by atoms with van der Waals surface area (Å²) in [4.78, 5) is 3.66. The molecule has 0 saturated heterocycles. The summed E-state index contributed by atoms with van der Waals surface area (Å²) in [5, 5.41) is 12.5. The largest absolute Gasteiger partial charge is 0.494 e. The van der Waals surface area contributed by atoms with E-state index in [1.54, 1.807) is 6.92 Å². The highest BCUT2D eigenvalue weighted by molar-refractivity contribution is 7.89. The Kier molecular flexibility index (Phi) is 15.3. The number of aliphatic imine (C=N–C) groups is 1. The molecule has 1 N–H and O–H groups in total. The fourth-order valence-electron chi connectivity index (χ4n) is 3.21. The number of nitrogens with one attached hydrogen (secondary N) is 1. The van der Waals surface area contributed by atoms with Crippen molar-refractivity contribution in [1.82, 2.24) is 5.32 Å². The maximum absolute atomic E-state index is 10.7. The number of sulfonamides is 1. The number of hydrogen-bond acceptors (Lipinski definition) is 5. The van der Waals surface area contributed by atoms with Gasteiger partial charge in [-0.2, -0.15) is 5.26 Å². The van der Waals surface area contributed by atoms with Gasteiger partial charge in [0.15, 0.2) is 5.75 Å². The molecular weight excluding hydrogens is 548 g/mol. The molecule has 2 aromatic rings. The molecule has 0 saturated carbocycles. The van der Waals surface area contributed by atoms with Gasteiger partial charge < -0.3 is 14.8 Å². The van der Waals surface area contributed by atoms with Crippen LogP contribution in [-0.2, 0) is 15.4 Å². The minimum atomic E-state index is -3.40. The van der Waals surface area contributed by atoms with Gasteiger partial charge in [-0.25, -0.2) is 13.4 Å². The molecule has 10 heteroatoms. The first kappa shape index (κ1) is 36.6. The lowest BCUT2D eigenvalue weighted by molar-refractivity contribution is 0.130. The van der Waals surface area contributed by atoms with E-state index in [-0.39, 0.29) is 11.4 Å². The zero-order valence-electron chi connectivity index (χ0n) is 25.3. The van der Waals surface area contributed by atoms with Crippen LogP contribution in [0.2, 0.25) is 5.02 Å². The average molecular weight is 591 g/mol. The normalized spacial score (nSPS) is 11.8. The van der Waals surface area contributed by atoms with Gasteiger partial charge >= 0.3 is 0 Å². The molecule has 0 amide bonds. The van der Waals surface area contributed by atoms with Gasteiger partial charge in [0.25, 0.3) is 10.0 Å². The third-order valence-corrected chi connectivity index (χ3v) is 5.70. The van der Waals surface area contributed by atoms with Crippen LogP contribution in [0, 0.1) is 11.3 Å². The Hall–Kier alpha value is -3.35. The van der Waals surface area contributed by atoms with Crippen molar-refractivity contribution in [3.8, 4) is 17.6 Å². The van der Waals surface area contributed by atoms with Gasteiger partial charge in [-0.3, -0.25) is 0 Å². The number of benzene rings is 2. The lowest BCUT2D eigenvalue weighted by Gasteiger charge is -2.28. The topological polar surface area (TPSA) is 113 Å². The highest BCUT2D eigenvalue weighted by Crippen LogP contribution is 2.39. The first-order chi connectivity index (χ1) is 18.6. The molecule has 0 bridgehead atoms. The van der Waals surface area contributed by atoms with Gasteiger partial charge in [-0.15, -0.1) is 4.40 Å². The van der Waals surface area contributed by atoms with Crippen molar-refractivity contribution in [2.75, 3.05) is 12.9 Å². The molecule has 0 radical (unpaired) electrons. The van der Waals surface area contributed by atoms with Crippen molar-refractivity contribution in [2.45, 2.75) is 73.3 Å². The molecule has 0 aliphatic rings. The van der Waals surface area contributed by atoms with Gasteiger partial charge in [0.05, 0.1) is 23.4 Å². The van der Waals surface area contributed by atoms with Gasteiger partial charge in [0, 0.05) is 11.6 Å². The van der Waals surface area contributed by atoms with Crippen LogP contribution in [0.1, 0.15) is 79.0 Å². The van der Waals surface area contributed by atoms with E-state index in [1.807, 2.05) is 77.9 Å². The Balaban J connectivity index is 0.000000916. The van der Waals surface area contributed by atoms with E-state index in [9.17, 15) is 13.7 Å². The maximum atomic E-state index is 10.7. The molecular formula is C30H43ClN4O4S. The molecule has 2 aromatic carbocycles. The van der Waals surface area contributed by atoms with Gasteiger partial charge in [0.1, 0.15) is 17.4 Å². The van der Waals surface area contributed by atoms with Crippen LogP contribution in [0.4, 0.5) is 0 Å². The summed E-state index contributed by atoms with van der Waals surface area (Å²) in [6.07, 6.45) is 3.72. The van der Waals surface area contributed by atoms with Crippen molar-refractivity contribution in [3.05, 3.63) is 70.9 Å². The number of ether oxygens (including phenoxy) is 2. The van der Waals surface area contributed by atoms with E-state index < -0.39 is 15.6 Å². The summed E-state index contributed by atoms with van der Waals surface area (Å²) in [6, 6.07) is 14.0. The van der Waals surface area contributed by atoms with Crippen molar-refractivity contribution in [1.29, 1.82) is 5.26 Å². The van der Waals surface area contributed by atoms with Crippen molar-refractivity contribution >= 4 is 33.8 Å². The summed E-state index contributed by atoms with van der Waals surface area (Å²) in [5.41, 5.74) is 1.78. The van der Waals surface area contributed by atoms with Crippen LogP contribution in [-0.4, -0.2) is 39.1 Å². The van der Waals surface area contributed by atoms with Crippen LogP contribution in [0.15, 0.2) is 58.6 Å². The first-order valence-corrected chi connectivity index (χ1v) is 15.1. The second kappa shape index (κ2) is 16.7. The zero-order chi connectivity index (χ0) is 31.1. The van der Waals surface area contributed by atoms with Crippen LogP contribution in [0.25, 0.3) is 0 Å². The molecule has 8 nitrogen and oxygen atoms in total. The number of nitriles is 1. The molecule has 0 unspecified atom stereocenters. The summed E-state index contributed by atoms with van der Waals surface area (Å²) in [7, 11) is -3.40. The summed E-state index contributed by atoms with van der Waals surface area (Å²) < 4.78 is 36.0. The van der Waals surface area contributed by atoms with Gasteiger partial charge in [-0.1, -0.05) is 58.0 Å². The third kappa shape index (κ3) is 12.7. The number of rotatable bonds is 7. The van der Waals surface area contributed by atoms with E-state index in [0.29, 0.717) is 22.9 Å². The van der Waals surface area contributed by atoms with E-state index in [1.165, 1.54) is 12.4 Å². The molecule has 0 fully saturated rings. The Morgan fingerprint density at radius 1 is 1.12 bits per heavy atom. The number of nitrogens with zero attached hydrogens (tertiary/aromatic N) is 3. The summed E-state index contributed by atoms with van der Waals surface area (Å²) >= 11 is 6.48. The number of guanidine groups is 1. The third-order valence-electron chi connectivity index (χ3n) is 4.92. The zero-order valence-corrected chi connectivity index (χ0v) is 26.9. The summed E-state index contributed by atoms with van der Waals surface area (Å²) in [5.74, 6) is 1.29. The smallest absolute Gasteiger partial charge is 0.253 e. The fraction of sp³-hybridized carbons (Fsp3) is 0.433. The lowest BCUT2D eigenvalue weighted by Crippen LogP contribution is -2.24. The average Bonchev–Trinajstić information content (AvgIpc) is 2.86. The SMILES string of the molecule is C=CNC(/N=C\C)=N\S(C)(=O)=O.CC.CCOc1ccc(C(C)(C)c2cc(Cl)c(OC(C)(C)C)c(C#N)c2)cc1. The molecule has 0 atom stereocenters. The van der Waals surface area contributed by atoms with Crippen molar-refractivity contribution in [2.24, 2.45) is 9.39 Å². The molecule has 0 aliphatic heterocycles. The molecule has 0 aromatic heterocycles. The fourth-order valence-corrected chi connectivity index (χ4v) is 3.88. The Bertz CT molecular complexity index is 1300. The lowest BCUT2D eigenvalue weighted by atomic mass is 9.77. The second-order valence-electron chi connectivity index (χ2n) is 9.63. The molecule has 220 valence electrons. The molecule has 40 heavy (non-hydrogen) atoms. The van der Waals surface area contributed by atoms with Crippen LogP contribution >= 0.6 is 11.6 Å². The van der Waals surface area contributed by atoms with E-state index in [0.717, 1.165) is 23.1 Å². The van der Waals surface area contributed by atoms with Crippen molar-refractivity contribution < 1.29 is 17.9 Å². The minimum Gasteiger partial charge on any atom is -0.494 e. The molecule has 0 aliphatic carbocycles. The maximum Gasteiger partial charge on any atom is 0.253 e. The Labute approximate surface area is 245 Å². The quantitative estimate of drug-likeness (QED) is 0.268. The van der Waals surface area contributed by atoms with Crippen molar-refractivity contribution in [3.63, 3.8) is 0 Å². The van der Waals surface area contributed by atoms with Crippen LogP contribution < -0.4 is 14.8 Å². The Morgan fingerprint density at radius 2 is 1.70 bits per heavy atom. The molecule has 2 rings (SSSR count). The van der Waals surface area contributed by atoms with Crippen LogP contribution in [0.5, 0.6) is 11.5 Å². The van der Waals surface area contributed by atoms with E-state index >= 15 is 0 Å². The minimum absolute atomic E-state index is 0.00926. The standard InChI is InChI=1S/C22H26ClNO2.C6H11N3O2S.C2H6/c1-7-25-18-10-8-16(9-11-18)22(5,6)17-12-15(14-24)20(19(23)13-17)26-21(2,3)4;1-4-7-6(8-5-2)9-12(3,10)11;1-2/h8-13H,7H2,1-6H3;4-5H,1H2,2-3H3,(H,7,9);1-2H3/b;8-5-;. The molecule has 0 spiro atoms. The van der Waals surface area contributed by atoms with E-state index in [2.05, 4.69) is 41.2 Å². The van der Waals surface area contributed by atoms with E-state index in [4.69, 9.17) is 21.1 Å². The number of hydrogen-bond donors (Lipinski definition) is 1. The summed E-state index contributed by atoms with van der Waals surface area (Å²) in [6.45, 7) is 21.6. The highest BCUT2D eigenvalue weighted by Gasteiger charge is 2.27. The van der Waals surface area contributed by atoms with Gasteiger partial charge in [0.2, 0.25) is 5.96 Å². The Morgan fingerprint density at radius 3 is 2.12 bits per heavy atom. The monoisotopic (exact) mass is 590 g/mol. The predicted molar refractivity (Wildman–Crippen MR) is 167 cm³/mol. The van der Waals surface area contributed by atoms with Gasteiger partial charge in [-0.05, 0) is 76.2 Å². The van der Waals surface area contributed by atoms with Crippen LogP contribution in [0.3, 0.4) is 0 Å². The molecule has 0 heterocycles. The first-order valence-electron chi connectivity index (χ1n) is 12.9. The predicted octanol–water partition coefficient (Wildman–Crippen LogP) is 7.27. The number of halogens is 1. The second-order valence-corrected chi connectivity index (χ2v) is 11.7. The highest BCUT2D eigenvalue weighted by atomic mass is 35.5.